The lowest BCUT2D eigenvalue weighted by Crippen LogP contribution is -2.16. The van der Waals surface area contributed by atoms with Gasteiger partial charge >= 0.3 is 0 Å². The fourth-order valence-electron chi connectivity index (χ4n) is 1.33. The first-order valence-corrected chi connectivity index (χ1v) is 4.65. The molecule has 2 aromatic rings. The van der Waals surface area contributed by atoms with Gasteiger partial charge in [0.2, 0.25) is 11.8 Å². The van der Waals surface area contributed by atoms with Gasteiger partial charge in [0.15, 0.2) is 5.69 Å². The minimum absolute atomic E-state index is 0.0650. The number of oxazole rings is 1. The van der Waals surface area contributed by atoms with E-state index >= 15 is 0 Å². The van der Waals surface area contributed by atoms with Crippen LogP contribution in [0.4, 0.5) is 10.3 Å². The zero-order valence-electron chi connectivity index (χ0n) is 8.61. The second kappa shape index (κ2) is 4.22. The number of nitrogens with one attached hydrogen (secondary N) is 1. The number of hydrogen-bond donors (Lipinski definition) is 3. The molecule has 1 heterocycles. The number of aromatic nitrogens is 1. The zero-order chi connectivity index (χ0) is 12.4. The summed E-state index contributed by atoms with van der Waals surface area (Å²) in [5, 5.41) is 0. The number of carbonyl (C=O) groups excluding carboxylic acids is 1. The molecule has 0 spiro atoms. The highest BCUT2D eigenvalue weighted by molar-refractivity contribution is 5.95. The van der Waals surface area contributed by atoms with E-state index in [1.54, 1.807) is 6.07 Å². The minimum Gasteiger partial charge on any atom is -0.418 e. The fraction of sp³-hybridized carbons (Fsp3) is 0. The van der Waals surface area contributed by atoms with E-state index in [0.29, 0.717) is 0 Å². The standard InChI is InChI=1S/C10H9FN4O2/c11-6-4-2-1-3-5(6)9-14-7(8(12)16)10(15-13)17-9/h1-4,15H,13H2,(H2,12,16). The Morgan fingerprint density at radius 1 is 1.41 bits per heavy atom. The van der Waals surface area contributed by atoms with E-state index in [1.165, 1.54) is 18.2 Å². The highest BCUT2D eigenvalue weighted by Gasteiger charge is 2.19. The first kappa shape index (κ1) is 11.1. The van der Waals surface area contributed by atoms with Crippen LogP contribution in [0, 0.1) is 5.82 Å². The zero-order valence-corrected chi connectivity index (χ0v) is 8.61. The fourth-order valence-corrected chi connectivity index (χ4v) is 1.33. The van der Waals surface area contributed by atoms with Crippen LogP contribution in [0.2, 0.25) is 0 Å². The van der Waals surface area contributed by atoms with Crippen molar-refractivity contribution in [3.05, 3.63) is 35.8 Å². The molecular formula is C10H9FN4O2. The highest BCUT2D eigenvalue weighted by atomic mass is 19.1. The molecule has 7 heteroatoms. The molecule has 1 aromatic heterocycles. The van der Waals surface area contributed by atoms with Gasteiger partial charge in [0, 0.05) is 0 Å². The predicted octanol–water partition coefficient (Wildman–Crippen LogP) is 0.865. The second-order valence-corrected chi connectivity index (χ2v) is 3.19. The van der Waals surface area contributed by atoms with Crippen molar-refractivity contribution in [1.82, 2.24) is 4.98 Å². The Balaban J connectivity index is 2.54. The summed E-state index contributed by atoms with van der Waals surface area (Å²) in [4.78, 5) is 14.8. The number of benzene rings is 1. The molecule has 0 aliphatic rings. The Labute approximate surface area is 95.4 Å². The van der Waals surface area contributed by atoms with Crippen LogP contribution in [0.3, 0.4) is 0 Å². The summed E-state index contributed by atoms with van der Waals surface area (Å²) in [6, 6.07) is 5.85. The summed E-state index contributed by atoms with van der Waals surface area (Å²) in [5.41, 5.74) is 7.15. The van der Waals surface area contributed by atoms with Crippen molar-refractivity contribution in [2.24, 2.45) is 11.6 Å². The molecule has 0 saturated heterocycles. The third kappa shape index (κ3) is 1.95. The van der Waals surface area contributed by atoms with E-state index < -0.39 is 11.7 Å². The third-order valence-corrected chi connectivity index (χ3v) is 2.10. The van der Waals surface area contributed by atoms with Gasteiger partial charge in [-0.2, -0.15) is 0 Å². The summed E-state index contributed by atoms with van der Waals surface area (Å²) in [5.74, 6) is 3.63. The molecular weight excluding hydrogens is 227 g/mol. The molecule has 0 aliphatic carbocycles. The number of hydrogen-bond acceptors (Lipinski definition) is 5. The average molecular weight is 236 g/mol. The molecule has 0 bridgehead atoms. The van der Waals surface area contributed by atoms with Gasteiger partial charge in [-0.05, 0) is 12.1 Å². The summed E-state index contributed by atoms with van der Waals surface area (Å²) in [7, 11) is 0. The number of rotatable bonds is 3. The van der Waals surface area contributed by atoms with Crippen LogP contribution in [0.5, 0.6) is 0 Å². The summed E-state index contributed by atoms with van der Waals surface area (Å²) < 4.78 is 18.6. The molecule has 2 rings (SSSR count). The number of primary amides is 1. The minimum atomic E-state index is -0.815. The molecule has 1 aromatic carbocycles. The largest absolute Gasteiger partial charge is 0.418 e. The van der Waals surface area contributed by atoms with E-state index in [-0.39, 0.29) is 23.0 Å². The van der Waals surface area contributed by atoms with Gasteiger partial charge in [0.1, 0.15) is 5.82 Å². The summed E-state index contributed by atoms with van der Waals surface area (Å²) in [6.07, 6.45) is 0. The van der Waals surface area contributed by atoms with Crippen LogP contribution in [0.1, 0.15) is 10.5 Å². The molecule has 1 amide bonds. The van der Waals surface area contributed by atoms with Crippen LogP contribution in [0.15, 0.2) is 28.7 Å². The van der Waals surface area contributed by atoms with Crippen LogP contribution in [-0.2, 0) is 0 Å². The highest BCUT2D eigenvalue weighted by Crippen LogP contribution is 2.26. The molecule has 0 radical (unpaired) electrons. The average Bonchev–Trinajstić information content (AvgIpc) is 2.73. The SMILES string of the molecule is NNc1oc(-c2ccccc2F)nc1C(N)=O. The maximum Gasteiger partial charge on any atom is 0.273 e. The number of hydrazine groups is 1. The number of nitrogen functional groups attached to an aromatic ring is 1. The maximum absolute atomic E-state index is 13.5. The van der Waals surface area contributed by atoms with Crippen LogP contribution in [0.25, 0.3) is 11.5 Å². The molecule has 0 fully saturated rings. The number of amides is 1. The van der Waals surface area contributed by atoms with Gasteiger partial charge in [-0.1, -0.05) is 12.1 Å². The number of carbonyl (C=O) groups is 1. The lowest BCUT2D eigenvalue weighted by atomic mass is 10.2. The maximum atomic E-state index is 13.5. The molecule has 0 aliphatic heterocycles. The molecule has 17 heavy (non-hydrogen) atoms. The lowest BCUT2D eigenvalue weighted by Gasteiger charge is -1.96. The van der Waals surface area contributed by atoms with Gasteiger partial charge in [-0.15, -0.1) is 0 Å². The predicted molar refractivity (Wildman–Crippen MR) is 58.2 cm³/mol. The number of anilines is 1. The lowest BCUT2D eigenvalue weighted by molar-refractivity contribution is 0.0996. The quantitative estimate of drug-likeness (QED) is 0.541. The first-order chi connectivity index (χ1) is 8.13. The van der Waals surface area contributed by atoms with E-state index in [2.05, 4.69) is 10.4 Å². The summed E-state index contributed by atoms with van der Waals surface area (Å²) in [6.45, 7) is 0. The van der Waals surface area contributed by atoms with Crippen molar-refractivity contribution in [2.75, 3.05) is 5.43 Å². The monoisotopic (exact) mass is 236 g/mol. The molecule has 0 saturated carbocycles. The van der Waals surface area contributed by atoms with Gasteiger partial charge in [-0.25, -0.2) is 15.2 Å². The van der Waals surface area contributed by atoms with Gasteiger partial charge < -0.3 is 10.2 Å². The Hall–Kier alpha value is -2.41. The van der Waals surface area contributed by atoms with Crippen LogP contribution < -0.4 is 17.0 Å². The van der Waals surface area contributed by atoms with Crippen LogP contribution >= 0.6 is 0 Å². The van der Waals surface area contributed by atoms with E-state index in [9.17, 15) is 9.18 Å². The molecule has 0 atom stereocenters. The normalized spacial score (nSPS) is 10.2. The first-order valence-electron chi connectivity index (χ1n) is 4.65. The Morgan fingerprint density at radius 2 is 2.12 bits per heavy atom. The Bertz CT molecular complexity index is 567. The second-order valence-electron chi connectivity index (χ2n) is 3.19. The molecule has 5 N–H and O–H groups in total. The van der Waals surface area contributed by atoms with Crippen LogP contribution in [-0.4, -0.2) is 10.9 Å². The van der Waals surface area contributed by atoms with Crippen molar-refractivity contribution in [3.63, 3.8) is 0 Å². The number of nitrogens with zero attached hydrogens (tertiary/aromatic N) is 1. The van der Waals surface area contributed by atoms with Crippen molar-refractivity contribution in [3.8, 4) is 11.5 Å². The molecule has 6 nitrogen and oxygen atoms in total. The van der Waals surface area contributed by atoms with Crippen molar-refractivity contribution < 1.29 is 13.6 Å². The Kier molecular flexibility index (Phi) is 2.75. The van der Waals surface area contributed by atoms with Crippen molar-refractivity contribution >= 4 is 11.8 Å². The Morgan fingerprint density at radius 3 is 2.65 bits per heavy atom. The van der Waals surface area contributed by atoms with Gasteiger partial charge in [0.05, 0.1) is 5.56 Å². The van der Waals surface area contributed by atoms with E-state index in [1.807, 2.05) is 0 Å². The summed E-state index contributed by atoms with van der Waals surface area (Å²) >= 11 is 0. The van der Waals surface area contributed by atoms with Gasteiger partial charge in [-0.3, -0.25) is 10.2 Å². The van der Waals surface area contributed by atoms with Crippen molar-refractivity contribution in [1.29, 1.82) is 0 Å². The molecule has 0 unspecified atom stereocenters. The van der Waals surface area contributed by atoms with Gasteiger partial charge in [0.25, 0.3) is 5.91 Å². The van der Waals surface area contributed by atoms with E-state index in [0.717, 1.165) is 0 Å². The topological polar surface area (TPSA) is 107 Å². The smallest absolute Gasteiger partial charge is 0.273 e. The number of halogens is 1. The molecule has 88 valence electrons. The van der Waals surface area contributed by atoms with E-state index in [4.69, 9.17) is 16.0 Å². The number of nitrogens with two attached hydrogens (primary N) is 2. The van der Waals surface area contributed by atoms with Crippen molar-refractivity contribution in [2.45, 2.75) is 0 Å². The third-order valence-electron chi connectivity index (χ3n) is 2.10.